The highest BCUT2D eigenvalue weighted by Crippen LogP contribution is 2.33. The molecule has 0 bridgehead atoms. The SMILES string of the molecule is COCCN(CC(=O)N1N=C(c2ccccc2F)C[C@@H]1c1ccc(C)cc1)C(=O)NC(C)(C)C. The van der Waals surface area contributed by atoms with Gasteiger partial charge >= 0.3 is 6.03 Å². The Balaban J connectivity index is 1.90. The molecule has 1 aliphatic heterocycles. The molecule has 0 saturated carbocycles. The Morgan fingerprint density at radius 2 is 1.85 bits per heavy atom. The van der Waals surface area contributed by atoms with Gasteiger partial charge in [0.1, 0.15) is 12.4 Å². The molecule has 1 aliphatic rings. The van der Waals surface area contributed by atoms with Crippen molar-refractivity contribution in [1.82, 2.24) is 15.2 Å². The molecule has 1 heterocycles. The van der Waals surface area contributed by atoms with Crippen molar-refractivity contribution < 1.29 is 18.7 Å². The van der Waals surface area contributed by atoms with Crippen molar-refractivity contribution in [3.63, 3.8) is 0 Å². The lowest BCUT2D eigenvalue weighted by atomic mass is 9.97. The van der Waals surface area contributed by atoms with Gasteiger partial charge in [0.05, 0.1) is 18.4 Å². The van der Waals surface area contributed by atoms with E-state index in [-0.39, 0.29) is 37.5 Å². The maximum absolute atomic E-state index is 14.5. The molecule has 34 heavy (non-hydrogen) atoms. The summed E-state index contributed by atoms with van der Waals surface area (Å²) in [5.41, 5.74) is 2.41. The number of carbonyl (C=O) groups is 2. The minimum atomic E-state index is -0.459. The van der Waals surface area contributed by atoms with Gasteiger partial charge in [0, 0.05) is 31.2 Å². The predicted molar refractivity (Wildman–Crippen MR) is 130 cm³/mol. The zero-order valence-electron chi connectivity index (χ0n) is 20.5. The number of amides is 3. The number of nitrogens with zero attached hydrogens (tertiary/aromatic N) is 3. The quantitative estimate of drug-likeness (QED) is 0.660. The Bertz CT molecular complexity index is 1050. The van der Waals surface area contributed by atoms with Gasteiger partial charge in [-0.3, -0.25) is 4.79 Å². The van der Waals surface area contributed by atoms with Crippen molar-refractivity contribution in [3.8, 4) is 0 Å². The highest BCUT2D eigenvalue weighted by molar-refractivity contribution is 6.03. The molecule has 3 rings (SSSR count). The van der Waals surface area contributed by atoms with Crippen LogP contribution in [0.3, 0.4) is 0 Å². The van der Waals surface area contributed by atoms with E-state index >= 15 is 0 Å². The normalized spacial score (nSPS) is 15.8. The molecule has 2 aromatic carbocycles. The summed E-state index contributed by atoms with van der Waals surface area (Å²) in [5, 5.41) is 8.81. The van der Waals surface area contributed by atoms with Crippen LogP contribution in [-0.4, -0.2) is 59.9 Å². The van der Waals surface area contributed by atoms with Crippen LogP contribution in [0.2, 0.25) is 0 Å². The number of rotatable bonds is 7. The molecule has 0 aliphatic carbocycles. The predicted octanol–water partition coefficient (Wildman–Crippen LogP) is 4.27. The van der Waals surface area contributed by atoms with Crippen LogP contribution in [0.25, 0.3) is 0 Å². The van der Waals surface area contributed by atoms with Crippen LogP contribution in [0.15, 0.2) is 53.6 Å². The van der Waals surface area contributed by atoms with Crippen LogP contribution in [0.1, 0.15) is 49.9 Å². The molecule has 1 atom stereocenters. The fourth-order valence-electron chi connectivity index (χ4n) is 3.74. The number of hydrogen-bond donors (Lipinski definition) is 1. The number of nitrogens with one attached hydrogen (secondary N) is 1. The van der Waals surface area contributed by atoms with Crippen molar-refractivity contribution in [2.75, 3.05) is 26.8 Å². The first-order chi connectivity index (χ1) is 16.1. The first-order valence-corrected chi connectivity index (χ1v) is 11.4. The lowest BCUT2D eigenvalue weighted by molar-refractivity contribution is -0.133. The second-order valence-corrected chi connectivity index (χ2v) is 9.49. The molecule has 0 spiro atoms. The lowest BCUT2D eigenvalue weighted by Crippen LogP contribution is -2.52. The molecule has 0 radical (unpaired) electrons. The Labute approximate surface area is 200 Å². The van der Waals surface area contributed by atoms with Crippen LogP contribution < -0.4 is 5.32 Å². The van der Waals surface area contributed by atoms with Gasteiger partial charge in [-0.05, 0) is 39.3 Å². The summed E-state index contributed by atoms with van der Waals surface area (Å²) in [6, 6.07) is 13.5. The summed E-state index contributed by atoms with van der Waals surface area (Å²) < 4.78 is 19.6. The van der Waals surface area contributed by atoms with Crippen molar-refractivity contribution >= 4 is 17.6 Å². The van der Waals surface area contributed by atoms with Crippen LogP contribution in [0.5, 0.6) is 0 Å². The second kappa shape index (κ2) is 10.8. The second-order valence-electron chi connectivity index (χ2n) is 9.49. The van der Waals surface area contributed by atoms with E-state index in [0.29, 0.717) is 17.7 Å². The van der Waals surface area contributed by atoms with E-state index < -0.39 is 11.6 Å². The van der Waals surface area contributed by atoms with Crippen molar-refractivity contribution in [2.45, 2.75) is 45.7 Å². The van der Waals surface area contributed by atoms with Crippen molar-refractivity contribution in [3.05, 3.63) is 71.0 Å². The third-order valence-corrected chi connectivity index (χ3v) is 5.47. The number of methoxy groups -OCH3 is 1. The summed E-state index contributed by atoms with van der Waals surface area (Å²) in [4.78, 5) is 27.7. The summed E-state index contributed by atoms with van der Waals surface area (Å²) in [5.74, 6) is -0.735. The van der Waals surface area contributed by atoms with E-state index in [1.165, 1.54) is 16.0 Å². The maximum Gasteiger partial charge on any atom is 0.318 e. The molecule has 0 fully saturated rings. The van der Waals surface area contributed by atoms with Crippen molar-refractivity contribution in [2.24, 2.45) is 5.10 Å². The molecule has 0 aromatic heterocycles. The Hall–Kier alpha value is -3.26. The average molecular weight is 469 g/mol. The highest BCUT2D eigenvalue weighted by Gasteiger charge is 2.35. The molecule has 1 N–H and O–H groups in total. The Kier molecular flexibility index (Phi) is 8.04. The maximum atomic E-state index is 14.5. The molecule has 0 unspecified atom stereocenters. The summed E-state index contributed by atoms with van der Waals surface area (Å²) in [7, 11) is 1.54. The number of hydrazone groups is 1. The fourth-order valence-corrected chi connectivity index (χ4v) is 3.74. The summed E-state index contributed by atoms with van der Waals surface area (Å²) in [6.45, 7) is 7.97. The van der Waals surface area contributed by atoms with Gasteiger partial charge < -0.3 is 15.0 Å². The van der Waals surface area contributed by atoms with Crippen LogP contribution in [-0.2, 0) is 9.53 Å². The number of urea groups is 1. The standard InChI is InChI=1S/C26H33FN4O3/c1-18-10-12-19(13-11-18)23-16-22(20-8-6-7-9-21(20)27)29-31(23)24(32)17-30(14-15-34-5)25(33)28-26(2,3)4/h6-13,23H,14-17H2,1-5H3,(H,28,33)/t23-/m1/s1. The largest absolute Gasteiger partial charge is 0.383 e. The molecule has 182 valence electrons. The minimum absolute atomic E-state index is 0.179. The first-order valence-electron chi connectivity index (χ1n) is 11.4. The van der Waals surface area contributed by atoms with Gasteiger partial charge in [-0.15, -0.1) is 0 Å². The van der Waals surface area contributed by atoms with E-state index in [2.05, 4.69) is 10.4 Å². The van der Waals surface area contributed by atoms with Gasteiger partial charge in [-0.1, -0.05) is 48.0 Å². The van der Waals surface area contributed by atoms with Crippen molar-refractivity contribution in [1.29, 1.82) is 0 Å². The molecule has 0 saturated heterocycles. The number of carbonyl (C=O) groups excluding carboxylic acids is 2. The molecular weight excluding hydrogens is 435 g/mol. The van der Waals surface area contributed by atoms with Crippen LogP contribution in [0.4, 0.5) is 9.18 Å². The minimum Gasteiger partial charge on any atom is -0.383 e. The number of ether oxygens (including phenoxy) is 1. The third kappa shape index (κ3) is 6.41. The van der Waals surface area contributed by atoms with Gasteiger partial charge in [-0.2, -0.15) is 5.10 Å². The lowest BCUT2D eigenvalue weighted by Gasteiger charge is -2.30. The molecule has 2 aromatic rings. The van der Waals surface area contributed by atoms with E-state index in [1.807, 2.05) is 52.0 Å². The Morgan fingerprint density at radius 3 is 2.47 bits per heavy atom. The average Bonchev–Trinajstić information content (AvgIpc) is 3.21. The zero-order chi connectivity index (χ0) is 24.9. The first kappa shape index (κ1) is 25.4. The monoisotopic (exact) mass is 468 g/mol. The molecule has 8 heteroatoms. The Morgan fingerprint density at radius 1 is 1.18 bits per heavy atom. The molecule has 7 nitrogen and oxygen atoms in total. The van der Waals surface area contributed by atoms with E-state index in [1.54, 1.807) is 25.3 Å². The van der Waals surface area contributed by atoms with Gasteiger partial charge in [0.25, 0.3) is 5.91 Å². The number of hydrogen-bond acceptors (Lipinski definition) is 4. The molecule has 3 amide bonds. The number of aryl methyl sites for hydroxylation is 1. The van der Waals surface area contributed by atoms with E-state index in [0.717, 1.165) is 11.1 Å². The zero-order valence-corrected chi connectivity index (χ0v) is 20.5. The highest BCUT2D eigenvalue weighted by atomic mass is 19.1. The summed E-state index contributed by atoms with van der Waals surface area (Å²) >= 11 is 0. The van der Waals surface area contributed by atoms with Crippen LogP contribution >= 0.6 is 0 Å². The van der Waals surface area contributed by atoms with Crippen LogP contribution in [0, 0.1) is 12.7 Å². The number of benzene rings is 2. The fraction of sp³-hybridized carbons (Fsp3) is 0.423. The summed E-state index contributed by atoms with van der Waals surface area (Å²) in [6.07, 6.45) is 0.377. The number of halogens is 1. The smallest absolute Gasteiger partial charge is 0.318 e. The van der Waals surface area contributed by atoms with Gasteiger partial charge in [0.2, 0.25) is 0 Å². The van der Waals surface area contributed by atoms with Gasteiger partial charge in [0.15, 0.2) is 0 Å². The topological polar surface area (TPSA) is 74.2 Å². The van der Waals surface area contributed by atoms with E-state index in [9.17, 15) is 14.0 Å². The molecular formula is C26H33FN4O3. The third-order valence-electron chi connectivity index (χ3n) is 5.47. The van der Waals surface area contributed by atoms with E-state index in [4.69, 9.17) is 4.74 Å². The van der Waals surface area contributed by atoms with Gasteiger partial charge in [-0.25, -0.2) is 14.2 Å².